The predicted molar refractivity (Wildman–Crippen MR) is 117 cm³/mol. The van der Waals surface area contributed by atoms with Crippen molar-refractivity contribution < 1.29 is 14.8 Å². The van der Waals surface area contributed by atoms with E-state index in [0.717, 1.165) is 30.8 Å². The van der Waals surface area contributed by atoms with Crippen LogP contribution in [0.25, 0.3) is 6.08 Å². The highest BCUT2D eigenvalue weighted by atomic mass is 16.5. The first kappa shape index (κ1) is 21.7. The molecule has 0 radical (unpaired) electrons. The van der Waals surface area contributed by atoms with Gasteiger partial charge in [0.25, 0.3) is 5.91 Å². The molecule has 1 saturated heterocycles. The van der Waals surface area contributed by atoms with Crippen LogP contribution in [-0.4, -0.2) is 52.0 Å². The van der Waals surface area contributed by atoms with Gasteiger partial charge in [0.1, 0.15) is 0 Å². The van der Waals surface area contributed by atoms with E-state index in [1.807, 2.05) is 59.5 Å². The summed E-state index contributed by atoms with van der Waals surface area (Å²) < 4.78 is 0. The third-order valence-corrected chi connectivity index (χ3v) is 5.40. The molecule has 6 heteroatoms. The van der Waals surface area contributed by atoms with E-state index in [9.17, 15) is 9.59 Å². The lowest BCUT2D eigenvalue weighted by Gasteiger charge is -2.44. The molecule has 30 heavy (non-hydrogen) atoms. The molecule has 158 valence electrons. The van der Waals surface area contributed by atoms with E-state index >= 15 is 0 Å². The van der Waals surface area contributed by atoms with Gasteiger partial charge in [-0.25, -0.2) is 5.48 Å². The number of hydrogen-bond donors (Lipinski definition) is 2. The zero-order chi connectivity index (χ0) is 21.5. The van der Waals surface area contributed by atoms with Gasteiger partial charge in [0.2, 0.25) is 5.91 Å². The molecule has 2 aromatic carbocycles. The van der Waals surface area contributed by atoms with Crippen molar-refractivity contribution in [2.75, 3.05) is 13.1 Å². The van der Waals surface area contributed by atoms with Crippen LogP contribution >= 0.6 is 0 Å². The standard InChI is InChI=1S/C24H29N3O3/c1-18-15-26(17-22-10-8-20(9-11-22)12-13-23(28)25-30)16-19(2)27(18)24(29)14-21-6-4-3-5-7-21/h3-13,18-19,30H,14-17H2,1-2H3,(H,25,28)/t18-,19+. The molecule has 2 amide bonds. The largest absolute Gasteiger partial charge is 0.334 e. The minimum atomic E-state index is -0.554. The molecule has 3 rings (SSSR count). The molecule has 1 fully saturated rings. The van der Waals surface area contributed by atoms with Gasteiger partial charge in [-0.2, -0.15) is 0 Å². The van der Waals surface area contributed by atoms with Crippen LogP contribution in [0.4, 0.5) is 0 Å². The van der Waals surface area contributed by atoms with Crippen LogP contribution in [0.5, 0.6) is 0 Å². The summed E-state index contributed by atoms with van der Waals surface area (Å²) in [5.74, 6) is -0.370. The third-order valence-electron chi connectivity index (χ3n) is 5.40. The highest BCUT2D eigenvalue weighted by molar-refractivity contribution is 5.90. The Morgan fingerprint density at radius 3 is 2.23 bits per heavy atom. The molecule has 2 atom stereocenters. The van der Waals surface area contributed by atoms with Crippen LogP contribution in [0.15, 0.2) is 60.7 Å². The molecule has 0 unspecified atom stereocenters. The third kappa shape index (κ3) is 5.78. The number of hydroxylamine groups is 1. The average molecular weight is 408 g/mol. The Morgan fingerprint density at radius 1 is 1.00 bits per heavy atom. The second kappa shape index (κ2) is 10.2. The van der Waals surface area contributed by atoms with E-state index in [0.29, 0.717) is 6.42 Å². The quantitative estimate of drug-likeness (QED) is 0.439. The number of piperazine rings is 1. The number of carbonyl (C=O) groups excluding carboxylic acids is 2. The van der Waals surface area contributed by atoms with Crippen LogP contribution in [0.3, 0.4) is 0 Å². The van der Waals surface area contributed by atoms with E-state index in [-0.39, 0.29) is 18.0 Å². The van der Waals surface area contributed by atoms with Crippen LogP contribution in [0, 0.1) is 0 Å². The summed E-state index contributed by atoms with van der Waals surface area (Å²) in [4.78, 5) is 28.4. The molecular weight excluding hydrogens is 378 g/mol. The summed E-state index contributed by atoms with van der Waals surface area (Å²) >= 11 is 0. The summed E-state index contributed by atoms with van der Waals surface area (Å²) in [5, 5.41) is 8.53. The summed E-state index contributed by atoms with van der Waals surface area (Å²) in [7, 11) is 0. The SMILES string of the molecule is C[C@@H]1CN(Cc2ccc(C=CC(=O)NO)cc2)C[C@H](C)N1C(=O)Cc1ccccc1. The number of benzene rings is 2. The van der Waals surface area contributed by atoms with Crippen LogP contribution in [0.2, 0.25) is 0 Å². The molecule has 0 saturated carbocycles. The summed E-state index contributed by atoms with van der Waals surface area (Å²) in [5.41, 5.74) is 4.70. The van der Waals surface area contributed by atoms with Gasteiger partial charge >= 0.3 is 0 Å². The zero-order valence-electron chi connectivity index (χ0n) is 17.5. The van der Waals surface area contributed by atoms with Gasteiger partial charge < -0.3 is 4.90 Å². The number of rotatable bonds is 6. The van der Waals surface area contributed by atoms with Gasteiger partial charge in [-0.05, 0) is 36.6 Å². The Morgan fingerprint density at radius 2 is 1.63 bits per heavy atom. The fourth-order valence-corrected chi connectivity index (χ4v) is 4.12. The normalized spacial score (nSPS) is 19.8. The van der Waals surface area contributed by atoms with Crippen molar-refractivity contribution in [3.63, 3.8) is 0 Å². The van der Waals surface area contributed by atoms with Gasteiger partial charge in [0.15, 0.2) is 0 Å². The van der Waals surface area contributed by atoms with Crippen molar-refractivity contribution in [3.8, 4) is 0 Å². The van der Waals surface area contributed by atoms with Crippen LogP contribution in [0.1, 0.15) is 30.5 Å². The van der Waals surface area contributed by atoms with Gasteiger partial charge in [0.05, 0.1) is 6.42 Å². The van der Waals surface area contributed by atoms with Crippen molar-refractivity contribution in [1.29, 1.82) is 0 Å². The Balaban J connectivity index is 1.57. The Bertz CT molecular complexity index is 868. The molecule has 2 aromatic rings. The second-order valence-electron chi connectivity index (χ2n) is 7.91. The number of amides is 2. The molecular formula is C24H29N3O3. The summed E-state index contributed by atoms with van der Waals surface area (Å²) in [6.07, 6.45) is 3.37. The second-order valence-corrected chi connectivity index (χ2v) is 7.91. The Kier molecular flexibility index (Phi) is 7.38. The average Bonchev–Trinajstić information content (AvgIpc) is 2.73. The number of nitrogens with one attached hydrogen (secondary N) is 1. The van der Waals surface area contributed by atoms with E-state index in [1.54, 1.807) is 11.6 Å². The van der Waals surface area contributed by atoms with Gasteiger partial charge in [-0.15, -0.1) is 0 Å². The lowest BCUT2D eigenvalue weighted by atomic mass is 10.0. The fraction of sp³-hybridized carbons (Fsp3) is 0.333. The number of carbonyl (C=O) groups is 2. The van der Waals surface area contributed by atoms with Gasteiger partial charge in [-0.3, -0.25) is 19.7 Å². The highest BCUT2D eigenvalue weighted by Gasteiger charge is 2.32. The maximum Gasteiger partial charge on any atom is 0.267 e. The van der Waals surface area contributed by atoms with E-state index in [4.69, 9.17) is 5.21 Å². The monoisotopic (exact) mass is 407 g/mol. The van der Waals surface area contributed by atoms with E-state index in [2.05, 4.69) is 18.7 Å². The Labute approximate surface area is 177 Å². The zero-order valence-corrected chi connectivity index (χ0v) is 17.5. The minimum absolute atomic E-state index is 0.157. The minimum Gasteiger partial charge on any atom is -0.334 e. The predicted octanol–water partition coefficient (Wildman–Crippen LogP) is 2.87. The molecule has 0 bridgehead atoms. The maximum absolute atomic E-state index is 12.9. The molecule has 0 aliphatic carbocycles. The van der Waals surface area contributed by atoms with Crippen LogP contribution in [-0.2, 0) is 22.6 Å². The fourth-order valence-electron chi connectivity index (χ4n) is 4.12. The van der Waals surface area contributed by atoms with Crippen molar-refractivity contribution in [2.24, 2.45) is 0 Å². The molecule has 6 nitrogen and oxygen atoms in total. The van der Waals surface area contributed by atoms with Gasteiger partial charge in [0, 0.05) is 37.8 Å². The molecule has 2 N–H and O–H groups in total. The van der Waals surface area contributed by atoms with Crippen molar-refractivity contribution in [1.82, 2.24) is 15.3 Å². The topological polar surface area (TPSA) is 72.9 Å². The molecule has 1 heterocycles. The first-order chi connectivity index (χ1) is 14.5. The Hall–Kier alpha value is -2.96. The molecule has 0 aromatic heterocycles. The van der Waals surface area contributed by atoms with Gasteiger partial charge in [-0.1, -0.05) is 54.6 Å². The van der Waals surface area contributed by atoms with E-state index < -0.39 is 5.91 Å². The molecule has 1 aliphatic heterocycles. The molecule has 0 spiro atoms. The maximum atomic E-state index is 12.9. The first-order valence-corrected chi connectivity index (χ1v) is 10.2. The van der Waals surface area contributed by atoms with Crippen molar-refractivity contribution in [2.45, 2.75) is 38.9 Å². The van der Waals surface area contributed by atoms with E-state index in [1.165, 1.54) is 11.6 Å². The van der Waals surface area contributed by atoms with Crippen molar-refractivity contribution >= 4 is 17.9 Å². The smallest absolute Gasteiger partial charge is 0.267 e. The van der Waals surface area contributed by atoms with Crippen molar-refractivity contribution in [3.05, 3.63) is 77.4 Å². The molecule has 1 aliphatic rings. The summed E-state index contributed by atoms with van der Waals surface area (Å²) in [6.45, 7) is 6.72. The lowest BCUT2D eigenvalue weighted by Crippen LogP contribution is -2.58. The first-order valence-electron chi connectivity index (χ1n) is 10.2. The summed E-state index contributed by atoms with van der Waals surface area (Å²) in [6, 6.07) is 18.2. The number of hydrogen-bond acceptors (Lipinski definition) is 4. The number of nitrogens with zero attached hydrogens (tertiary/aromatic N) is 2. The van der Waals surface area contributed by atoms with Crippen LogP contribution < -0.4 is 5.48 Å². The lowest BCUT2D eigenvalue weighted by molar-refractivity contribution is -0.138. The highest BCUT2D eigenvalue weighted by Crippen LogP contribution is 2.20.